The first kappa shape index (κ1) is 13.1. The number of hydrogen-bond acceptors (Lipinski definition) is 2. The van der Waals surface area contributed by atoms with E-state index >= 15 is 0 Å². The molecule has 0 aromatic rings. The van der Waals surface area contributed by atoms with E-state index in [0.717, 1.165) is 0 Å². The van der Waals surface area contributed by atoms with E-state index in [1.54, 1.807) is 0 Å². The second kappa shape index (κ2) is 4.58. The molecule has 0 radical (unpaired) electrons. The highest BCUT2D eigenvalue weighted by atomic mass is 28.4. The molecular weight excluding hydrogens is 180 g/mol. The summed E-state index contributed by atoms with van der Waals surface area (Å²) in [5.41, 5.74) is -0.0585. The predicted molar refractivity (Wildman–Crippen MR) is 59.6 cm³/mol. The van der Waals surface area contributed by atoms with Crippen molar-refractivity contribution in [3.8, 4) is 0 Å². The van der Waals surface area contributed by atoms with Crippen molar-refractivity contribution in [1.29, 1.82) is 0 Å². The van der Waals surface area contributed by atoms with E-state index < -0.39 is 8.32 Å². The molecule has 0 aromatic carbocycles. The summed E-state index contributed by atoms with van der Waals surface area (Å²) in [5, 5.41) is 0. The zero-order valence-corrected chi connectivity index (χ0v) is 11.1. The number of ether oxygens (including phenoxy) is 1. The van der Waals surface area contributed by atoms with Gasteiger partial charge in [0.15, 0.2) is 8.32 Å². The fourth-order valence-electron chi connectivity index (χ4n) is 1.00. The molecular formula is C10H24O2Si. The first-order chi connectivity index (χ1) is 5.60. The molecule has 0 saturated carbocycles. The minimum atomic E-state index is -1.40. The molecule has 0 amide bonds. The maximum absolute atomic E-state index is 5.85. The van der Waals surface area contributed by atoms with Crippen molar-refractivity contribution < 1.29 is 9.16 Å². The van der Waals surface area contributed by atoms with Gasteiger partial charge in [0.25, 0.3) is 0 Å². The summed E-state index contributed by atoms with van der Waals surface area (Å²) >= 11 is 0. The van der Waals surface area contributed by atoms with Crippen LogP contribution in [-0.4, -0.2) is 26.6 Å². The van der Waals surface area contributed by atoms with Crippen LogP contribution in [0.5, 0.6) is 0 Å². The van der Waals surface area contributed by atoms with Gasteiger partial charge >= 0.3 is 0 Å². The van der Waals surface area contributed by atoms with Crippen LogP contribution in [0.25, 0.3) is 0 Å². The first-order valence-electron chi connectivity index (χ1n) is 4.92. The molecule has 0 bridgehead atoms. The molecule has 0 rings (SSSR count). The fraction of sp³-hybridized carbons (Fsp3) is 1.00. The highest BCUT2D eigenvalue weighted by molar-refractivity contribution is 6.69. The summed E-state index contributed by atoms with van der Waals surface area (Å²) in [6, 6.07) is 0. The minimum absolute atomic E-state index is 0.0585. The van der Waals surface area contributed by atoms with E-state index in [0.29, 0.717) is 6.61 Å². The van der Waals surface area contributed by atoms with Gasteiger partial charge in [0, 0.05) is 0 Å². The maximum atomic E-state index is 5.85. The van der Waals surface area contributed by atoms with Crippen molar-refractivity contribution >= 4 is 8.32 Å². The molecule has 0 saturated heterocycles. The third kappa shape index (κ3) is 10.1. The van der Waals surface area contributed by atoms with Crippen molar-refractivity contribution in [2.75, 3.05) is 6.61 Å². The lowest BCUT2D eigenvalue weighted by Crippen LogP contribution is -2.35. The summed E-state index contributed by atoms with van der Waals surface area (Å²) < 4.78 is 11.5. The van der Waals surface area contributed by atoms with Gasteiger partial charge in [-0.25, -0.2) is 0 Å². The van der Waals surface area contributed by atoms with Crippen LogP contribution in [0, 0.1) is 0 Å². The third-order valence-corrected chi connectivity index (χ3v) is 2.42. The van der Waals surface area contributed by atoms with Gasteiger partial charge in [0.1, 0.15) is 0 Å². The van der Waals surface area contributed by atoms with Crippen molar-refractivity contribution in [1.82, 2.24) is 0 Å². The zero-order valence-electron chi connectivity index (χ0n) is 10.1. The molecule has 80 valence electrons. The zero-order chi connectivity index (χ0) is 10.7. The second-order valence-corrected chi connectivity index (χ2v) is 9.92. The van der Waals surface area contributed by atoms with Gasteiger partial charge in [0.2, 0.25) is 0 Å². The largest absolute Gasteiger partial charge is 0.413 e. The van der Waals surface area contributed by atoms with E-state index in [1.807, 2.05) is 0 Å². The van der Waals surface area contributed by atoms with E-state index in [2.05, 4.69) is 47.3 Å². The van der Waals surface area contributed by atoms with Gasteiger partial charge in [-0.15, -0.1) is 0 Å². The smallest absolute Gasteiger partial charge is 0.184 e. The van der Waals surface area contributed by atoms with E-state index in [4.69, 9.17) is 9.16 Å². The lowest BCUT2D eigenvalue weighted by molar-refractivity contribution is -0.0392. The van der Waals surface area contributed by atoms with Crippen LogP contribution in [0.3, 0.4) is 0 Å². The normalized spacial score (nSPS) is 15.9. The molecule has 0 aliphatic heterocycles. The Bertz CT molecular complexity index is 144. The quantitative estimate of drug-likeness (QED) is 0.655. The molecule has 0 heterocycles. The van der Waals surface area contributed by atoms with Gasteiger partial charge in [-0.3, -0.25) is 0 Å². The Morgan fingerprint density at radius 3 is 1.92 bits per heavy atom. The van der Waals surface area contributed by atoms with Crippen molar-refractivity contribution in [2.45, 2.75) is 59.0 Å². The molecule has 0 N–H and O–H groups in total. The molecule has 0 aliphatic carbocycles. The second-order valence-electron chi connectivity index (χ2n) is 5.46. The minimum Gasteiger partial charge on any atom is -0.413 e. The van der Waals surface area contributed by atoms with Crippen LogP contribution in [0.2, 0.25) is 19.6 Å². The molecule has 1 unspecified atom stereocenters. The summed E-state index contributed by atoms with van der Waals surface area (Å²) in [6.45, 7) is 15.5. The van der Waals surface area contributed by atoms with Crippen molar-refractivity contribution in [3.05, 3.63) is 0 Å². The monoisotopic (exact) mass is 204 g/mol. The predicted octanol–water partition coefficient (Wildman–Crippen LogP) is 3.04. The highest BCUT2D eigenvalue weighted by Gasteiger charge is 2.20. The summed E-state index contributed by atoms with van der Waals surface area (Å²) in [6.07, 6.45) is 0.214. The van der Waals surface area contributed by atoms with Gasteiger partial charge in [0.05, 0.1) is 18.3 Å². The van der Waals surface area contributed by atoms with Gasteiger partial charge < -0.3 is 9.16 Å². The van der Waals surface area contributed by atoms with Crippen LogP contribution in [-0.2, 0) is 9.16 Å². The van der Waals surface area contributed by atoms with Crippen molar-refractivity contribution in [3.63, 3.8) is 0 Å². The Morgan fingerprint density at radius 2 is 1.62 bits per heavy atom. The molecule has 3 heteroatoms. The maximum Gasteiger partial charge on any atom is 0.184 e. The SMILES string of the molecule is CC(COC(C)(C)C)O[Si](C)(C)C. The first-order valence-corrected chi connectivity index (χ1v) is 8.33. The molecule has 0 aliphatic rings. The lowest BCUT2D eigenvalue weighted by atomic mass is 10.2. The van der Waals surface area contributed by atoms with Gasteiger partial charge in [-0.1, -0.05) is 0 Å². The molecule has 1 atom stereocenters. The Morgan fingerprint density at radius 1 is 1.15 bits per heavy atom. The fourth-order valence-corrected chi connectivity index (χ4v) is 2.28. The molecule has 0 fully saturated rings. The topological polar surface area (TPSA) is 18.5 Å². The average Bonchev–Trinajstić information content (AvgIpc) is 1.78. The van der Waals surface area contributed by atoms with Crippen LogP contribution < -0.4 is 0 Å². The van der Waals surface area contributed by atoms with Gasteiger partial charge in [-0.05, 0) is 47.3 Å². The summed E-state index contributed by atoms with van der Waals surface area (Å²) in [5.74, 6) is 0. The molecule has 0 aromatic heterocycles. The Kier molecular flexibility index (Phi) is 4.62. The molecule has 0 spiro atoms. The summed E-state index contributed by atoms with van der Waals surface area (Å²) in [7, 11) is -1.40. The molecule has 13 heavy (non-hydrogen) atoms. The van der Waals surface area contributed by atoms with Gasteiger partial charge in [-0.2, -0.15) is 0 Å². The van der Waals surface area contributed by atoms with E-state index in [9.17, 15) is 0 Å². The standard InChI is InChI=1S/C10H24O2Si/c1-9(12-13(5,6)7)8-11-10(2,3)4/h9H,8H2,1-7H3. The summed E-state index contributed by atoms with van der Waals surface area (Å²) in [4.78, 5) is 0. The van der Waals surface area contributed by atoms with Crippen LogP contribution in [0.1, 0.15) is 27.7 Å². The Labute approximate surface area is 83.8 Å². The highest BCUT2D eigenvalue weighted by Crippen LogP contribution is 2.11. The number of rotatable bonds is 4. The van der Waals surface area contributed by atoms with Crippen molar-refractivity contribution in [2.24, 2.45) is 0 Å². The van der Waals surface area contributed by atoms with E-state index in [1.165, 1.54) is 0 Å². The Balaban J connectivity index is 3.70. The lowest BCUT2D eigenvalue weighted by Gasteiger charge is -2.27. The third-order valence-electron chi connectivity index (χ3n) is 1.31. The number of hydrogen-bond donors (Lipinski definition) is 0. The van der Waals surface area contributed by atoms with Crippen LogP contribution in [0.15, 0.2) is 0 Å². The Hall–Kier alpha value is 0.137. The average molecular weight is 204 g/mol. The van der Waals surface area contributed by atoms with E-state index in [-0.39, 0.29) is 11.7 Å². The molecule has 2 nitrogen and oxygen atoms in total. The van der Waals surface area contributed by atoms with Crippen LogP contribution >= 0.6 is 0 Å². The van der Waals surface area contributed by atoms with Crippen LogP contribution in [0.4, 0.5) is 0 Å².